The normalized spacial score (nSPS) is 13.6. The molecule has 0 aliphatic carbocycles. The number of unbranched alkanes of at least 4 members (excludes halogenated alkanes) is 1. The second kappa shape index (κ2) is 16.3. The smallest absolute Gasteiger partial charge is 0.125 e. The van der Waals surface area contributed by atoms with E-state index in [0.717, 1.165) is 46.5 Å². The first kappa shape index (κ1) is 28.6. The zero-order valence-electron chi connectivity index (χ0n) is 21.0. The molecule has 1 heterocycles. The first-order valence-corrected chi connectivity index (χ1v) is 11.5. The number of hydrogen-bond donors (Lipinski definition) is 2. The third-order valence-electron chi connectivity index (χ3n) is 4.71. The molecule has 1 aromatic heterocycles. The Bertz CT molecular complexity index is 797. The van der Waals surface area contributed by atoms with Gasteiger partial charge in [-0.15, -0.1) is 0 Å². The predicted octanol–water partition coefficient (Wildman–Crippen LogP) is 7.81. The number of anilines is 1. The zero-order chi connectivity index (χ0) is 23.8. The molecule has 0 fully saturated rings. The number of aryl methyl sites for hydroxylation is 1. The molecule has 1 atom stereocenters. The fraction of sp³-hybridized carbons (Fsp3) is 0.464. The number of pyridine rings is 1. The molecule has 0 bridgehead atoms. The van der Waals surface area contributed by atoms with E-state index in [9.17, 15) is 5.11 Å². The number of aliphatic hydroxyl groups excluding tert-OH is 1. The molecular weight excluding hydrogens is 380 g/mol. The summed E-state index contributed by atoms with van der Waals surface area (Å²) in [5, 5.41) is 13.1. The lowest BCUT2D eigenvalue weighted by atomic mass is 9.93. The van der Waals surface area contributed by atoms with Crippen molar-refractivity contribution in [3.05, 3.63) is 76.6 Å². The molecule has 0 aliphatic heterocycles. The van der Waals surface area contributed by atoms with Gasteiger partial charge in [-0.05, 0) is 79.2 Å². The van der Waals surface area contributed by atoms with E-state index in [-0.39, 0.29) is 0 Å². The lowest BCUT2D eigenvalue weighted by Gasteiger charge is -2.14. The van der Waals surface area contributed by atoms with Gasteiger partial charge in [0.1, 0.15) is 5.82 Å². The lowest BCUT2D eigenvalue weighted by Crippen LogP contribution is -2.06. The van der Waals surface area contributed by atoms with Crippen LogP contribution < -0.4 is 5.32 Å². The van der Waals surface area contributed by atoms with Crippen LogP contribution in [0.15, 0.2) is 65.4 Å². The number of rotatable bonds is 10. The molecule has 3 heteroatoms. The quantitative estimate of drug-likeness (QED) is 0.376. The number of nitrogens with one attached hydrogen (secondary N) is 1. The Morgan fingerprint density at radius 3 is 2.39 bits per heavy atom. The van der Waals surface area contributed by atoms with Gasteiger partial charge in [-0.2, -0.15) is 0 Å². The summed E-state index contributed by atoms with van der Waals surface area (Å²) in [6.45, 7) is 18.6. The van der Waals surface area contributed by atoms with E-state index in [1.807, 2.05) is 33.2 Å². The molecule has 0 aliphatic rings. The van der Waals surface area contributed by atoms with E-state index in [1.165, 1.54) is 12.0 Å². The van der Waals surface area contributed by atoms with Gasteiger partial charge in [0.05, 0.1) is 6.10 Å². The van der Waals surface area contributed by atoms with Gasteiger partial charge >= 0.3 is 0 Å². The molecule has 0 saturated heterocycles. The van der Waals surface area contributed by atoms with Crippen molar-refractivity contribution in [3.8, 4) is 0 Å². The van der Waals surface area contributed by atoms with Crippen molar-refractivity contribution >= 4 is 11.9 Å². The van der Waals surface area contributed by atoms with E-state index in [2.05, 4.69) is 81.9 Å². The van der Waals surface area contributed by atoms with Gasteiger partial charge in [-0.1, -0.05) is 71.4 Å². The van der Waals surface area contributed by atoms with Gasteiger partial charge in [0.15, 0.2) is 0 Å². The third kappa shape index (κ3) is 10.5. The van der Waals surface area contributed by atoms with Gasteiger partial charge < -0.3 is 10.4 Å². The van der Waals surface area contributed by atoms with Crippen molar-refractivity contribution in [2.24, 2.45) is 0 Å². The second-order valence-corrected chi connectivity index (χ2v) is 7.70. The van der Waals surface area contributed by atoms with Crippen LogP contribution in [-0.2, 0) is 0 Å². The fourth-order valence-electron chi connectivity index (χ4n) is 2.95. The van der Waals surface area contributed by atoms with Crippen molar-refractivity contribution in [2.45, 2.75) is 80.3 Å². The van der Waals surface area contributed by atoms with Crippen LogP contribution >= 0.6 is 0 Å². The summed E-state index contributed by atoms with van der Waals surface area (Å²) in [7, 11) is 1.87. The Morgan fingerprint density at radius 2 is 1.90 bits per heavy atom. The molecule has 0 radical (unpaired) electrons. The highest BCUT2D eigenvalue weighted by atomic mass is 16.3. The molecule has 0 amide bonds. The summed E-state index contributed by atoms with van der Waals surface area (Å²) in [5.74, 6) is 0.866. The van der Waals surface area contributed by atoms with Crippen LogP contribution in [0.25, 0.3) is 6.08 Å². The van der Waals surface area contributed by atoms with Gasteiger partial charge in [0.25, 0.3) is 0 Å². The molecule has 0 spiro atoms. The van der Waals surface area contributed by atoms with Gasteiger partial charge in [0, 0.05) is 13.2 Å². The van der Waals surface area contributed by atoms with Crippen molar-refractivity contribution < 1.29 is 5.11 Å². The maximum absolute atomic E-state index is 10.1. The molecule has 31 heavy (non-hydrogen) atoms. The van der Waals surface area contributed by atoms with Crippen molar-refractivity contribution in [2.75, 3.05) is 12.4 Å². The van der Waals surface area contributed by atoms with E-state index < -0.39 is 6.10 Å². The molecule has 1 rings (SSSR count). The molecule has 172 valence electrons. The van der Waals surface area contributed by atoms with Crippen molar-refractivity contribution in [1.29, 1.82) is 0 Å². The highest BCUT2D eigenvalue weighted by Crippen LogP contribution is 2.26. The average Bonchev–Trinajstić information content (AvgIpc) is 2.75. The van der Waals surface area contributed by atoms with Crippen LogP contribution in [0.2, 0.25) is 0 Å². The number of allylic oxidation sites excluding steroid dienone is 6. The number of hydrogen-bond acceptors (Lipinski definition) is 3. The monoisotopic (exact) mass is 424 g/mol. The van der Waals surface area contributed by atoms with E-state index in [1.54, 1.807) is 0 Å². The van der Waals surface area contributed by atoms with Gasteiger partial charge in [-0.3, -0.25) is 0 Å². The minimum absolute atomic E-state index is 0.503. The van der Waals surface area contributed by atoms with Crippen LogP contribution in [0.5, 0.6) is 0 Å². The Hall–Kier alpha value is -2.39. The Balaban J connectivity index is 0.00000282. The summed E-state index contributed by atoms with van der Waals surface area (Å²) < 4.78 is 0. The van der Waals surface area contributed by atoms with Crippen LogP contribution in [0.4, 0.5) is 5.82 Å². The summed E-state index contributed by atoms with van der Waals surface area (Å²) in [6.07, 6.45) is 16.1. The number of nitrogens with zero attached hydrogens (tertiary/aromatic N) is 1. The zero-order valence-corrected chi connectivity index (χ0v) is 21.0. The SMILES string of the molecule is C=C(\C=C(C)/C(=C\C)C(/C=C/CCC)=C/c1cnc(NC)cc1C)C(O)CC.CCC. The molecular formula is C28H44N2O. The van der Waals surface area contributed by atoms with Crippen molar-refractivity contribution in [3.63, 3.8) is 0 Å². The van der Waals surface area contributed by atoms with E-state index in [4.69, 9.17) is 0 Å². The Kier molecular flexibility index (Phi) is 15.1. The van der Waals surface area contributed by atoms with Crippen LogP contribution in [0.3, 0.4) is 0 Å². The van der Waals surface area contributed by atoms with Crippen LogP contribution in [0.1, 0.15) is 78.4 Å². The molecule has 3 nitrogen and oxygen atoms in total. The number of aromatic nitrogens is 1. The molecule has 2 N–H and O–H groups in total. The standard InChI is InChI=1S/C25H36N2O.C3H8/c1-8-11-12-13-21(16-22-17-27-25(26-7)15-18(22)4)23(9-2)19(5)14-20(6)24(28)10-3;1-3-2/h9,12-17,24,28H,6,8,10-11H2,1-5,7H3,(H,26,27);3H2,1-2H3/b13-12+,19-14-,21-16+,23-9+;. The van der Waals surface area contributed by atoms with Gasteiger partial charge in [0.2, 0.25) is 0 Å². The Morgan fingerprint density at radius 1 is 1.26 bits per heavy atom. The summed E-state index contributed by atoms with van der Waals surface area (Å²) in [4.78, 5) is 4.46. The maximum Gasteiger partial charge on any atom is 0.125 e. The van der Waals surface area contributed by atoms with Gasteiger partial charge in [-0.25, -0.2) is 4.98 Å². The van der Waals surface area contributed by atoms with Crippen LogP contribution in [0, 0.1) is 6.92 Å². The summed E-state index contributed by atoms with van der Waals surface area (Å²) in [6, 6.07) is 2.05. The summed E-state index contributed by atoms with van der Waals surface area (Å²) in [5.41, 5.74) is 6.36. The minimum atomic E-state index is -0.503. The molecule has 1 aromatic rings. The highest BCUT2D eigenvalue weighted by molar-refractivity contribution is 5.68. The largest absolute Gasteiger partial charge is 0.388 e. The van der Waals surface area contributed by atoms with E-state index in [0.29, 0.717) is 6.42 Å². The molecule has 1 unspecified atom stereocenters. The van der Waals surface area contributed by atoms with E-state index >= 15 is 0 Å². The lowest BCUT2D eigenvalue weighted by molar-refractivity contribution is 0.211. The van der Waals surface area contributed by atoms with Crippen molar-refractivity contribution in [1.82, 2.24) is 4.98 Å². The average molecular weight is 425 g/mol. The summed E-state index contributed by atoms with van der Waals surface area (Å²) >= 11 is 0. The molecule has 0 aromatic carbocycles. The minimum Gasteiger partial charge on any atom is -0.388 e. The third-order valence-corrected chi connectivity index (χ3v) is 4.71. The second-order valence-electron chi connectivity index (χ2n) is 7.70. The topological polar surface area (TPSA) is 45.2 Å². The maximum atomic E-state index is 10.1. The van der Waals surface area contributed by atoms with Crippen LogP contribution in [-0.4, -0.2) is 23.2 Å². The first-order chi connectivity index (χ1) is 14.8. The highest BCUT2D eigenvalue weighted by Gasteiger charge is 2.09. The molecule has 0 saturated carbocycles. The predicted molar refractivity (Wildman–Crippen MR) is 139 cm³/mol. The Labute approximate surface area is 191 Å². The first-order valence-electron chi connectivity index (χ1n) is 11.5. The fourth-order valence-corrected chi connectivity index (χ4v) is 2.95. The number of aliphatic hydroxyl groups is 1.